The van der Waals surface area contributed by atoms with Crippen LogP contribution in [0.1, 0.15) is 27.2 Å². The molecule has 1 saturated heterocycles. The second-order valence-corrected chi connectivity index (χ2v) is 5.66. The van der Waals surface area contributed by atoms with Gasteiger partial charge in [-0.05, 0) is 20.3 Å². The highest BCUT2D eigenvalue weighted by Gasteiger charge is 2.39. The fourth-order valence-corrected chi connectivity index (χ4v) is 2.38. The lowest BCUT2D eigenvalue weighted by Crippen LogP contribution is -2.59. The quantitative estimate of drug-likeness (QED) is 0.281. The summed E-state index contributed by atoms with van der Waals surface area (Å²) in [7, 11) is 0. The van der Waals surface area contributed by atoms with Crippen molar-refractivity contribution >= 4 is 17.7 Å². The summed E-state index contributed by atoms with van der Waals surface area (Å²) < 4.78 is 0.295. The van der Waals surface area contributed by atoms with Crippen LogP contribution >= 0.6 is 11.8 Å². The van der Waals surface area contributed by atoms with E-state index in [0.29, 0.717) is 16.7 Å². The predicted octanol–water partition coefficient (Wildman–Crippen LogP) is 0.699. The third kappa shape index (κ3) is 2.78. The van der Waals surface area contributed by atoms with Crippen LogP contribution in [0.4, 0.5) is 0 Å². The maximum absolute atomic E-state index is 5.38. The van der Waals surface area contributed by atoms with E-state index in [9.17, 15) is 0 Å². The van der Waals surface area contributed by atoms with Gasteiger partial charge in [-0.1, -0.05) is 6.92 Å². The standard InChI is InChI=1S/C9H20N4S/c1-4-5-11-8(13-10)12-7-6-14-9(7,2)3/h7H,4-6,10H2,1-3H3,(H2,11,12,13). The van der Waals surface area contributed by atoms with Crippen LogP contribution in [0, 0.1) is 0 Å². The number of hydrogen-bond acceptors (Lipinski definition) is 3. The molecule has 0 spiro atoms. The van der Waals surface area contributed by atoms with E-state index in [4.69, 9.17) is 5.84 Å². The van der Waals surface area contributed by atoms with Crippen molar-refractivity contribution in [2.75, 3.05) is 12.3 Å². The largest absolute Gasteiger partial charge is 0.350 e. The van der Waals surface area contributed by atoms with Crippen LogP contribution in [0.15, 0.2) is 4.99 Å². The minimum atomic E-state index is 0.295. The SMILES string of the molecule is CCCN=C(NN)NC1CSC1(C)C. The van der Waals surface area contributed by atoms with Crippen molar-refractivity contribution in [1.82, 2.24) is 10.7 Å². The monoisotopic (exact) mass is 216 g/mol. The minimum absolute atomic E-state index is 0.295. The summed E-state index contributed by atoms with van der Waals surface area (Å²) in [5.41, 5.74) is 2.60. The number of nitrogens with zero attached hydrogens (tertiary/aromatic N) is 1. The van der Waals surface area contributed by atoms with Gasteiger partial charge in [-0.25, -0.2) is 5.84 Å². The van der Waals surface area contributed by atoms with E-state index in [1.165, 1.54) is 0 Å². The molecule has 5 heteroatoms. The summed E-state index contributed by atoms with van der Waals surface area (Å²) in [6.45, 7) is 7.37. The Labute approximate surface area is 90.1 Å². The Hall–Kier alpha value is -0.420. The average Bonchev–Trinajstić information content (AvgIpc) is 2.17. The lowest BCUT2D eigenvalue weighted by molar-refractivity contribution is 0.493. The number of aliphatic imine (C=N–C) groups is 1. The molecule has 14 heavy (non-hydrogen) atoms. The average molecular weight is 216 g/mol. The topological polar surface area (TPSA) is 62.4 Å². The van der Waals surface area contributed by atoms with Crippen LogP contribution in [0.3, 0.4) is 0 Å². The maximum atomic E-state index is 5.38. The van der Waals surface area contributed by atoms with E-state index in [1.807, 2.05) is 11.8 Å². The smallest absolute Gasteiger partial charge is 0.206 e. The predicted molar refractivity (Wildman–Crippen MR) is 63.4 cm³/mol. The van der Waals surface area contributed by atoms with Crippen LogP contribution in [0.2, 0.25) is 0 Å². The Balaban J connectivity index is 2.41. The van der Waals surface area contributed by atoms with E-state index >= 15 is 0 Å². The Kier molecular flexibility index (Phi) is 4.07. The Morgan fingerprint density at radius 3 is 2.71 bits per heavy atom. The molecule has 0 aromatic carbocycles. The molecule has 0 aromatic rings. The van der Waals surface area contributed by atoms with E-state index in [-0.39, 0.29) is 0 Å². The van der Waals surface area contributed by atoms with E-state index in [1.54, 1.807) is 0 Å². The van der Waals surface area contributed by atoms with Gasteiger partial charge in [0.15, 0.2) is 0 Å². The zero-order valence-electron chi connectivity index (χ0n) is 9.13. The van der Waals surface area contributed by atoms with Gasteiger partial charge in [0.05, 0.1) is 6.04 Å². The summed E-state index contributed by atoms with van der Waals surface area (Å²) in [5.74, 6) is 7.22. The van der Waals surface area contributed by atoms with E-state index in [2.05, 4.69) is 36.5 Å². The van der Waals surface area contributed by atoms with Gasteiger partial charge in [0.25, 0.3) is 0 Å². The number of hydrazine groups is 1. The van der Waals surface area contributed by atoms with Crippen LogP contribution in [0.5, 0.6) is 0 Å². The summed E-state index contributed by atoms with van der Waals surface area (Å²) >= 11 is 1.96. The summed E-state index contributed by atoms with van der Waals surface area (Å²) in [5, 5.41) is 3.32. The van der Waals surface area contributed by atoms with Gasteiger partial charge >= 0.3 is 0 Å². The van der Waals surface area contributed by atoms with E-state index in [0.717, 1.165) is 18.7 Å². The van der Waals surface area contributed by atoms with Gasteiger partial charge in [0, 0.05) is 17.0 Å². The highest BCUT2D eigenvalue weighted by Crippen LogP contribution is 2.39. The molecular formula is C9H20N4S. The molecule has 1 atom stereocenters. The Bertz CT molecular complexity index is 215. The van der Waals surface area contributed by atoms with Gasteiger partial charge < -0.3 is 5.32 Å². The molecule has 0 bridgehead atoms. The van der Waals surface area contributed by atoms with Crippen molar-refractivity contribution in [3.05, 3.63) is 0 Å². The molecule has 1 aliphatic rings. The second kappa shape index (κ2) is 4.89. The van der Waals surface area contributed by atoms with Crippen molar-refractivity contribution in [2.45, 2.75) is 38.0 Å². The third-order valence-electron chi connectivity index (χ3n) is 2.40. The van der Waals surface area contributed by atoms with Gasteiger partial charge in [0.2, 0.25) is 5.96 Å². The fourth-order valence-electron chi connectivity index (χ4n) is 1.24. The van der Waals surface area contributed by atoms with Crippen molar-refractivity contribution in [3.8, 4) is 0 Å². The molecule has 82 valence electrons. The number of hydrogen-bond donors (Lipinski definition) is 3. The molecule has 0 amide bonds. The van der Waals surface area contributed by atoms with Gasteiger partial charge in [-0.3, -0.25) is 10.4 Å². The molecule has 1 heterocycles. The molecule has 1 rings (SSSR count). The van der Waals surface area contributed by atoms with Gasteiger partial charge in [-0.15, -0.1) is 0 Å². The summed E-state index contributed by atoms with van der Waals surface area (Å²) in [4.78, 5) is 4.31. The normalized spacial score (nSPS) is 25.4. The van der Waals surface area contributed by atoms with Crippen LogP contribution < -0.4 is 16.6 Å². The number of nitrogens with one attached hydrogen (secondary N) is 2. The van der Waals surface area contributed by atoms with Gasteiger partial charge in [0.1, 0.15) is 0 Å². The first-order valence-electron chi connectivity index (χ1n) is 5.01. The molecule has 1 aliphatic heterocycles. The second-order valence-electron chi connectivity index (χ2n) is 3.99. The molecule has 1 unspecified atom stereocenters. The summed E-state index contributed by atoms with van der Waals surface area (Å²) in [6, 6.07) is 0.471. The molecular weight excluding hydrogens is 196 g/mol. The number of thioether (sulfide) groups is 1. The van der Waals surface area contributed by atoms with Crippen LogP contribution in [0.25, 0.3) is 0 Å². The van der Waals surface area contributed by atoms with Crippen LogP contribution in [-0.4, -0.2) is 29.0 Å². The number of rotatable bonds is 3. The lowest BCUT2D eigenvalue weighted by Gasteiger charge is -2.44. The Morgan fingerprint density at radius 1 is 1.64 bits per heavy atom. The fraction of sp³-hybridized carbons (Fsp3) is 0.889. The number of guanidine groups is 1. The zero-order valence-corrected chi connectivity index (χ0v) is 9.95. The molecule has 4 nitrogen and oxygen atoms in total. The van der Waals surface area contributed by atoms with Crippen molar-refractivity contribution in [2.24, 2.45) is 10.8 Å². The zero-order chi connectivity index (χ0) is 10.6. The molecule has 0 aromatic heterocycles. The molecule has 0 aliphatic carbocycles. The molecule has 1 fully saturated rings. The lowest BCUT2D eigenvalue weighted by atomic mass is 10.0. The first-order chi connectivity index (χ1) is 6.60. The highest BCUT2D eigenvalue weighted by molar-refractivity contribution is 8.02. The third-order valence-corrected chi connectivity index (χ3v) is 3.93. The first-order valence-corrected chi connectivity index (χ1v) is 6.00. The highest BCUT2D eigenvalue weighted by atomic mass is 32.2. The summed E-state index contributed by atoms with van der Waals surface area (Å²) in [6.07, 6.45) is 1.04. The maximum Gasteiger partial charge on any atom is 0.206 e. The first kappa shape index (κ1) is 11.7. The van der Waals surface area contributed by atoms with E-state index < -0.39 is 0 Å². The van der Waals surface area contributed by atoms with Crippen molar-refractivity contribution in [1.29, 1.82) is 0 Å². The number of nitrogens with two attached hydrogens (primary N) is 1. The van der Waals surface area contributed by atoms with Crippen molar-refractivity contribution < 1.29 is 0 Å². The van der Waals surface area contributed by atoms with Crippen molar-refractivity contribution in [3.63, 3.8) is 0 Å². The van der Waals surface area contributed by atoms with Gasteiger partial charge in [-0.2, -0.15) is 11.8 Å². The van der Waals surface area contributed by atoms with Crippen LogP contribution in [-0.2, 0) is 0 Å². The molecule has 0 saturated carbocycles. The molecule has 0 radical (unpaired) electrons. The molecule has 4 N–H and O–H groups in total. The Morgan fingerprint density at radius 2 is 2.36 bits per heavy atom. The minimum Gasteiger partial charge on any atom is -0.350 e.